The summed E-state index contributed by atoms with van der Waals surface area (Å²) in [7, 11) is 1.07. The van der Waals surface area contributed by atoms with Crippen LogP contribution in [0.3, 0.4) is 0 Å². The van der Waals surface area contributed by atoms with Crippen LogP contribution in [0, 0.1) is 0 Å². The van der Waals surface area contributed by atoms with Crippen molar-refractivity contribution in [2.45, 2.75) is 12.3 Å². The van der Waals surface area contributed by atoms with E-state index in [4.69, 9.17) is 4.74 Å². The Kier molecular flexibility index (Phi) is 6.34. The van der Waals surface area contributed by atoms with Crippen LogP contribution in [0.1, 0.15) is 22.8 Å². The lowest BCUT2D eigenvalue weighted by atomic mass is 9.83. The van der Waals surface area contributed by atoms with Gasteiger partial charge in [0.1, 0.15) is 0 Å². The second-order valence-electron chi connectivity index (χ2n) is 7.76. The molecule has 0 saturated heterocycles. The number of hydrogen-bond acceptors (Lipinski definition) is 2. The van der Waals surface area contributed by atoms with Gasteiger partial charge in [-0.05, 0) is 52.5 Å². The van der Waals surface area contributed by atoms with Crippen LogP contribution in [0.2, 0.25) is 0 Å². The second kappa shape index (κ2) is 9.69. The Labute approximate surface area is 195 Å². The molecular formula is C29H25OPS. The SMILES string of the molecule is COC1=CC(P(c2ccccc2)c2ccccc2)=C(c2cccs2)[C@@H](c2ccccc2)C1. The van der Waals surface area contributed by atoms with Gasteiger partial charge in [0.05, 0.1) is 12.9 Å². The van der Waals surface area contributed by atoms with Crippen LogP contribution in [0.25, 0.3) is 5.57 Å². The molecule has 0 saturated carbocycles. The van der Waals surface area contributed by atoms with E-state index in [1.165, 1.54) is 31.9 Å². The van der Waals surface area contributed by atoms with Gasteiger partial charge in [-0.25, -0.2) is 0 Å². The molecule has 0 spiro atoms. The average molecular weight is 453 g/mol. The fourth-order valence-electron chi connectivity index (χ4n) is 4.38. The highest BCUT2D eigenvalue weighted by Crippen LogP contribution is 2.55. The number of ether oxygens (including phenoxy) is 1. The highest BCUT2D eigenvalue weighted by molar-refractivity contribution is 7.77. The molecule has 0 unspecified atom stereocenters. The Hall–Kier alpha value is -2.93. The van der Waals surface area contributed by atoms with Crippen LogP contribution in [0.4, 0.5) is 0 Å². The van der Waals surface area contributed by atoms with Crippen LogP contribution in [0.15, 0.2) is 126 Å². The fourth-order valence-corrected chi connectivity index (χ4v) is 7.88. The van der Waals surface area contributed by atoms with Crippen LogP contribution in [0.5, 0.6) is 0 Å². The molecule has 0 N–H and O–H groups in total. The van der Waals surface area contributed by atoms with Gasteiger partial charge >= 0.3 is 0 Å². The minimum Gasteiger partial charge on any atom is -0.501 e. The number of thiophene rings is 1. The monoisotopic (exact) mass is 452 g/mol. The van der Waals surface area contributed by atoms with E-state index in [0.717, 1.165) is 12.2 Å². The molecular weight excluding hydrogens is 427 g/mol. The van der Waals surface area contributed by atoms with E-state index < -0.39 is 7.92 Å². The lowest BCUT2D eigenvalue weighted by Crippen LogP contribution is -2.17. The zero-order valence-electron chi connectivity index (χ0n) is 18.0. The zero-order valence-corrected chi connectivity index (χ0v) is 19.7. The number of rotatable bonds is 6. The molecule has 3 aromatic carbocycles. The van der Waals surface area contributed by atoms with Crippen molar-refractivity contribution in [3.8, 4) is 0 Å². The van der Waals surface area contributed by atoms with Crippen LogP contribution in [-0.2, 0) is 4.74 Å². The summed E-state index contributed by atoms with van der Waals surface area (Å²) in [6.45, 7) is 0. The largest absolute Gasteiger partial charge is 0.501 e. The summed E-state index contributed by atoms with van der Waals surface area (Å²) in [6.07, 6.45) is 3.20. The number of benzene rings is 3. The third-order valence-electron chi connectivity index (χ3n) is 5.85. The molecule has 158 valence electrons. The predicted octanol–water partition coefficient (Wildman–Crippen LogP) is 7.31. The summed E-state index contributed by atoms with van der Waals surface area (Å²) in [5.41, 5.74) is 2.78. The van der Waals surface area contributed by atoms with Crippen molar-refractivity contribution in [3.05, 3.63) is 136 Å². The highest BCUT2D eigenvalue weighted by Gasteiger charge is 2.32. The van der Waals surface area contributed by atoms with Crippen molar-refractivity contribution in [3.63, 3.8) is 0 Å². The Balaban J connectivity index is 1.80. The van der Waals surface area contributed by atoms with Crippen LogP contribution >= 0.6 is 19.3 Å². The fraction of sp³-hybridized carbons (Fsp3) is 0.103. The smallest absolute Gasteiger partial charge is 0.0971 e. The predicted molar refractivity (Wildman–Crippen MR) is 139 cm³/mol. The normalized spacial score (nSPS) is 16.2. The molecule has 32 heavy (non-hydrogen) atoms. The van der Waals surface area contributed by atoms with Gasteiger partial charge in [-0.15, -0.1) is 11.3 Å². The first-order valence-corrected chi connectivity index (χ1v) is 13.0. The summed E-state index contributed by atoms with van der Waals surface area (Å²) < 4.78 is 5.90. The van der Waals surface area contributed by atoms with E-state index in [1.54, 1.807) is 7.11 Å². The van der Waals surface area contributed by atoms with Crippen molar-refractivity contribution in [1.82, 2.24) is 0 Å². The van der Waals surface area contributed by atoms with Gasteiger partial charge in [-0.3, -0.25) is 0 Å². The number of allylic oxidation sites excluding steroid dienone is 4. The van der Waals surface area contributed by atoms with Crippen LogP contribution in [-0.4, -0.2) is 7.11 Å². The van der Waals surface area contributed by atoms with Crippen molar-refractivity contribution in [2.75, 3.05) is 7.11 Å². The summed E-state index contributed by atoms with van der Waals surface area (Å²) in [5.74, 6) is 1.32. The molecule has 1 nitrogen and oxygen atoms in total. The molecule has 0 bridgehead atoms. The standard InChI is InChI=1S/C29H25OPS/c1-30-23-20-26(22-12-5-2-6-13-22)29(28-18-11-19-32-28)27(21-23)31(24-14-7-3-8-15-24)25-16-9-4-10-17-25/h2-19,21,26H,20H2,1H3/t26-/m1/s1. The Morgan fingerprint density at radius 1 is 0.750 bits per heavy atom. The first kappa shape index (κ1) is 20.9. The molecule has 1 aliphatic rings. The van der Waals surface area contributed by atoms with Crippen molar-refractivity contribution >= 4 is 35.4 Å². The van der Waals surface area contributed by atoms with E-state index in [1.807, 2.05) is 11.3 Å². The molecule has 3 heteroatoms. The average Bonchev–Trinajstić information content (AvgIpc) is 3.40. The topological polar surface area (TPSA) is 9.23 Å². The summed E-state index contributed by atoms with van der Waals surface area (Å²) in [5, 5.41) is 6.29. The maximum atomic E-state index is 5.90. The van der Waals surface area contributed by atoms with Crippen molar-refractivity contribution in [1.29, 1.82) is 0 Å². The first-order chi connectivity index (χ1) is 15.8. The van der Waals surface area contributed by atoms with Crippen molar-refractivity contribution in [2.24, 2.45) is 0 Å². The Bertz CT molecular complexity index is 1170. The van der Waals surface area contributed by atoms with E-state index >= 15 is 0 Å². The van der Waals surface area contributed by atoms with Gasteiger partial charge in [0.25, 0.3) is 0 Å². The molecule has 4 aromatic rings. The Morgan fingerprint density at radius 3 is 1.88 bits per heavy atom. The van der Waals surface area contributed by atoms with E-state index in [2.05, 4.69) is 115 Å². The molecule has 0 amide bonds. The lowest BCUT2D eigenvalue weighted by Gasteiger charge is -2.32. The van der Waals surface area contributed by atoms with Gasteiger partial charge in [0, 0.05) is 17.2 Å². The molecule has 1 aliphatic carbocycles. The number of methoxy groups -OCH3 is 1. The quantitative estimate of drug-likeness (QED) is 0.279. The zero-order chi connectivity index (χ0) is 21.8. The van der Waals surface area contributed by atoms with E-state index in [-0.39, 0.29) is 5.92 Å². The molecule has 0 radical (unpaired) electrons. The molecule has 1 aromatic heterocycles. The lowest BCUT2D eigenvalue weighted by molar-refractivity contribution is 0.273. The summed E-state index contributed by atoms with van der Waals surface area (Å²) in [6, 6.07) is 37.2. The van der Waals surface area contributed by atoms with Gasteiger partial charge in [0.15, 0.2) is 0 Å². The van der Waals surface area contributed by atoms with Crippen LogP contribution < -0.4 is 10.6 Å². The second-order valence-corrected chi connectivity index (χ2v) is 10.9. The summed E-state index contributed by atoms with van der Waals surface area (Å²) >= 11 is 1.83. The maximum absolute atomic E-state index is 5.90. The van der Waals surface area contributed by atoms with E-state index in [9.17, 15) is 0 Å². The molecule has 0 aliphatic heterocycles. The Morgan fingerprint density at radius 2 is 1.34 bits per heavy atom. The molecule has 0 fully saturated rings. The summed E-state index contributed by atoms with van der Waals surface area (Å²) in [4.78, 5) is 1.35. The maximum Gasteiger partial charge on any atom is 0.0971 e. The molecule has 1 atom stereocenters. The van der Waals surface area contributed by atoms with Gasteiger partial charge in [0.2, 0.25) is 0 Å². The minimum absolute atomic E-state index is 0.266. The van der Waals surface area contributed by atoms with Gasteiger partial charge in [-0.2, -0.15) is 0 Å². The van der Waals surface area contributed by atoms with E-state index in [0.29, 0.717) is 0 Å². The van der Waals surface area contributed by atoms with Gasteiger partial charge < -0.3 is 4.74 Å². The van der Waals surface area contributed by atoms with Crippen molar-refractivity contribution < 1.29 is 4.74 Å². The minimum atomic E-state index is -0.732. The number of hydrogen-bond donors (Lipinski definition) is 0. The highest BCUT2D eigenvalue weighted by atomic mass is 32.1. The third-order valence-corrected chi connectivity index (χ3v) is 9.23. The molecule has 5 rings (SSSR count). The third kappa shape index (κ3) is 4.21. The van der Waals surface area contributed by atoms with Gasteiger partial charge in [-0.1, -0.05) is 97.1 Å². The molecule has 1 heterocycles. The first-order valence-electron chi connectivity index (χ1n) is 10.8.